The van der Waals surface area contributed by atoms with Crippen LogP contribution in [0.25, 0.3) is 0 Å². The minimum atomic E-state index is -0.323. The largest absolute Gasteiger partial charge is 0.0791 e. The first-order valence-electron chi connectivity index (χ1n) is 6.60. The van der Waals surface area contributed by atoms with Crippen LogP contribution in [0.3, 0.4) is 0 Å². The van der Waals surface area contributed by atoms with Crippen molar-refractivity contribution in [2.24, 2.45) is 0 Å². The van der Waals surface area contributed by atoms with Crippen molar-refractivity contribution < 1.29 is 0 Å². The van der Waals surface area contributed by atoms with Gasteiger partial charge in [0.1, 0.15) is 0 Å². The average Bonchev–Trinajstić information content (AvgIpc) is 2.37. The number of aryl methyl sites for hydroxylation is 3. The maximum atomic E-state index is 2.39. The maximum Gasteiger partial charge on any atom is 0.0791 e. The topological polar surface area (TPSA) is 0 Å². The average molecular weight is 253 g/mol. The minimum Gasteiger partial charge on any atom is -0.0671 e. The lowest BCUT2D eigenvalue weighted by Gasteiger charge is -2.07. The van der Waals surface area contributed by atoms with Crippen LogP contribution in [-0.2, 0) is 12.8 Å². The molecule has 0 atom stereocenters. The summed E-state index contributed by atoms with van der Waals surface area (Å²) in [4.78, 5) is 0. The molecule has 0 saturated carbocycles. The van der Waals surface area contributed by atoms with Crippen LogP contribution in [0.1, 0.15) is 16.7 Å². The van der Waals surface area contributed by atoms with Gasteiger partial charge in [-0.15, -0.1) is 0 Å². The molecule has 0 bridgehead atoms. The van der Waals surface area contributed by atoms with Gasteiger partial charge in [0.05, 0.1) is 8.80 Å². The summed E-state index contributed by atoms with van der Waals surface area (Å²) < 4.78 is 0. The molecular formula is C17H21Si. The number of hydrogen-bond donors (Lipinski definition) is 0. The van der Waals surface area contributed by atoms with Gasteiger partial charge in [-0.2, -0.15) is 0 Å². The lowest BCUT2D eigenvalue weighted by Crippen LogP contribution is -2.22. The van der Waals surface area contributed by atoms with Gasteiger partial charge in [-0.3, -0.25) is 0 Å². The van der Waals surface area contributed by atoms with Crippen molar-refractivity contribution >= 4 is 14.0 Å². The Bertz CT molecular complexity index is 515. The Morgan fingerprint density at radius 3 is 2.06 bits per heavy atom. The van der Waals surface area contributed by atoms with E-state index in [1.54, 1.807) is 5.19 Å². The van der Waals surface area contributed by atoms with Crippen LogP contribution >= 0.6 is 0 Å². The minimum absolute atomic E-state index is 0.323. The summed E-state index contributed by atoms with van der Waals surface area (Å²) in [6.07, 6.45) is 2.28. The molecule has 2 rings (SSSR count). The van der Waals surface area contributed by atoms with Gasteiger partial charge in [0.15, 0.2) is 0 Å². The maximum absolute atomic E-state index is 2.39. The van der Waals surface area contributed by atoms with E-state index in [1.165, 1.54) is 16.7 Å². The van der Waals surface area contributed by atoms with E-state index >= 15 is 0 Å². The molecule has 2 aromatic carbocycles. The molecule has 1 radical (unpaired) electrons. The molecule has 0 spiro atoms. The second-order valence-corrected chi connectivity index (χ2v) is 7.77. The summed E-state index contributed by atoms with van der Waals surface area (Å²) in [5.41, 5.74) is 4.27. The molecule has 0 unspecified atom stereocenters. The van der Waals surface area contributed by atoms with E-state index < -0.39 is 0 Å². The molecule has 0 aromatic heterocycles. The summed E-state index contributed by atoms with van der Waals surface area (Å²) in [5, 5.41) is 1.54. The molecule has 93 valence electrons. The van der Waals surface area contributed by atoms with E-state index in [9.17, 15) is 0 Å². The quantitative estimate of drug-likeness (QED) is 0.728. The lowest BCUT2D eigenvalue weighted by molar-refractivity contribution is 0.959. The van der Waals surface area contributed by atoms with Gasteiger partial charge < -0.3 is 0 Å². The Kier molecular flexibility index (Phi) is 4.37. The Hall–Kier alpha value is -1.34. The molecule has 0 aliphatic rings. The zero-order chi connectivity index (χ0) is 13.0. The smallest absolute Gasteiger partial charge is 0.0671 e. The number of hydrogen-bond acceptors (Lipinski definition) is 0. The van der Waals surface area contributed by atoms with Gasteiger partial charge >= 0.3 is 0 Å². The zero-order valence-electron chi connectivity index (χ0n) is 11.5. The normalized spacial score (nSPS) is 10.9. The SMILES string of the molecule is Cc1cccc(CCc2cccc([Si](C)C)c2)c1. The Balaban J connectivity index is 2.04. The fraction of sp³-hybridized carbons (Fsp3) is 0.294. The van der Waals surface area contributed by atoms with E-state index in [1.807, 2.05) is 0 Å². The van der Waals surface area contributed by atoms with Crippen molar-refractivity contribution in [3.8, 4) is 0 Å². The van der Waals surface area contributed by atoms with E-state index in [0.29, 0.717) is 0 Å². The molecule has 0 nitrogen and oxygen atoms in total. The number of benzene rings is 2. The highest BCUT2D eigenvalue weighted by molar-refractivity contribution is 6.70. The van der Waals surface area contributed by atoms with Crippen LogP contribution in [0, 0.1) is 6.92 Å². The highest BCUT2D eigenvalue weighted by Gasteiger charge is 2.02. The second-order valence-electron chi connectivity index (χ2n) is 5.19. The summed E-state index contributed by atoms with van der Waals surface area (Å²) in [6, 6.07) is 18.0. The van der Waals surface area contributed by atoms with Crippen molar-refractivity contribution in [1.29, 1.82) is 0 Å². The molecule has 0 N–H and O–H groups in total. The molecule has 0 heterocycles. The summed E-state index contributed by atoms with van der Waals surface area (Å²) in [7, 11) is -0.323. The van der Waals surface area contributed by atoms with Crippen LogP contribution in [0.2, 0.25) is 13.1 Å². The van der Waals surface area contributed by atoms with Gasteiger partial charge in [-0.25, -0.2) is 0 Å². The zero-order valence-corrected chi connectivity index (χ0v) is 12.5. The molecule has 0 fully saturated rings. The first-order valence-corrected chi connectivity index (χ1v) is 9.10. The predicted octanol–water partition coefficient (Wildman–Crippen LogP) is 3.74. The van der Waals surface area contributed by atoms with Crippen LogP contribution < -0.4 is 5.19 Å². The van der Waals surface area contributed by atoms with Gasteiger partial charge in [-0.05, 0) is 30.9 Å². The van der Waals surface area contributed by atoms with Crippen LogP contribution in [0.5, 0.6) is 0 Å². The second kappa shape index (κ2) is 6.01. The third-order valence-electron chi connectivity index (χ3n) is 3.29. The molecule has 2 aromatic rings. The van der Waals surface area contributed by atoms with E-state index in [0.717, 1.165) is 12.8 Å². The Labute approximate surface area is 112 Å². The van der Waals surface area contributed by atoms with Crippen molar-refractivity contribution in [2.45, 2.75) is 32.9 Å². The van der Waals surface area contributed by atoms with Crippen LogP contribution in [0.4, 0.5) is 0 Å². The standard InChI is InChI=1S/C17H21Si/c1-14-6-4-7-15(12-14)10-11-16-8-5-9-17(13-16)18(2)3/h4-9,12-13H,10-11H2,1-3H3. The van der Waals surface area contributed by atoms with E-state index in [4.69, 9.17) is 0 Å². The molecule has 18 heavy (non-hydrogen) atoms. The predicted molar refractivity (Wildman–Crippen MR) is 82.1 cm³/mol. The fourth-order valence-electron chi connectivity index (χ4n) is 2.19. The third-order valence-corrected chi connectivity index (χ3v) is 4.75. The van der Waals surface area contributed by atoms with Gasteiger partial charge in [0, 0.05) is 0 Å². The van der Waals surface area contributed by atoms with E-state index in [-0.39, 0.29) is 8.80 Å². The van der Waals surface area contributed by atoms with Crippen molar-refractivity contribution in [3.63, 3.8) is 0 Å². The summed E-state index contributed by atoms with van der Waals surface area (Å²) >= 11 is 0. The molecule has 0 aliphatic heterocycles. The number of rotatable bonds is 4. The van der Waals surface area contributed by atoms with Gasteiger partial charge in [-0.1, -0.05) is 72.4 Å². The highest BCUT2D eigenvalue weighted by Crippen LogP contribution is 2.09. The Morgan fingerprint density at radius 2 is 1.44 bits per heavy atom. The lowest BCUT2D eigenvalue weighted by atomic mass is 10.0. The van der Waals surface area contributed by atoms with Gasteiger partial charge in [0.25, 0.3) is 0 Å². The highest BCUT2D eigenvalue weighted by atomic mass is 28.3. The molecule has 0 saturated heterocycles. The first kappa shape index (κ1) is 13.1. The summed E-state index contributed by atoms with van der Waals surface area (Å²) in [5.74, 6) is 0. The summed E-state index contributed by atoms with van der Waals surface area (Å²) in [6.45, 7) is 6.86. The molecule has 1 heteroatoms. The molecular weight excluding hydrogens is 232 g/mol. The third kappa shape index (κ3) is 3.57. The Morgan fingerprint density at radius 1 is 0.833 bits per heavy atom. The molecule has 0 aliphatic carbocycles. The monoisotopic (exact) mass is 253 g/mol. The van der Waals surface area contributed by atoms with Gasteiger partial charge in [0.2, 0.25) is 0 Å². The van der Waals surface area contributed by atoms with E-state index in [2.05, 4.69) is 68.5 Å². The van der Waals surface area contributed by atoms with Crippen molar-refractivity contribution in [3.05, 3.63) is 65.2 Å². The van der Waals surface area contributed by atoms with Crippen molar-refractivity contribution in [2.75, 3.05) is 0 Å². The first-order chi connectivity index (χ1) is 8.65. The van der Waals surface area contributed by atoms with Crippen LogP contribution in [-0.4, -0.2) is 8.80 Å². The van der Waals surface area contributed by atoms with Crippen LogP contribution in [0.15, 0.2) is 48.5 Å². The fourth-order valence-corrected chi connectivity index (χ4v) is 3.10. The van der Waals surface area contributed by atoms with Crippen molar-refractivity contribution in [1.82, 2.24) is 0 Å². The molecule has 0 amide bonds.